The van der Waals surface area contributed by atoms with E-state index in [2.05, 4.69) is 38.7 Å². The molecule has 4 fully saturated rings. The van der Waals surface area contributed by atoms with E-state index in [1.165, 1.54) is 32.1 Å². The molecule has 0 amide bonds. The molecular formula is C37H61NO6. The van der Waals surface area contributed by atoms with Gasteiger partial charge in [0.1, 0.15) is 0 Å². The van der Waals surface area contributed by atoms with Crippen molar-refractivity contribution in [2.75, 3.05) is 66.4 Å². The highest BCUT2D eigenvalue weighted by Crippen LogP contribution is 2.63. The minimum absolute atomic E-state index is 0.0386. The third-order valence-electron chi connectivity index (χ3n) is 13.0. The van der Waals surface area contributed by atoms with Gasteiger partial charge in [0.2, 0.25) is 0 Å². The lowest BCUT2D eigenvalue weighted by Gasteiger charge is -2.49. The van der Waals surface area contributed by atoms with Crippen LogP contribution < -0.4 is 0 Å². The summed E-state index contributed by atoms with van der Waals surface area (Å²) in [6.45, 7) is 16.4. The number of methoxy groups -OCH3 is 1. The predicted molar refractivity (Wildman–Crippen MR) is 173 cm³/mol. The number of hydrogen-bond donors (Lipinski definition) is 1. The highest BCUT2D eigenvalue weighted by molar-refractivity contribution is 5.34. The Balaban J connectivity index is 1.05. The summed E-state index contributed by atoms with van der Waals surface area (Å²) in [4.78, 5) is 2.71. The second-order valence-electron chi connectivity index (χ2n) is 15.5. The first-order chi connectivity index (χ1) is 21.3. The molecule has 2 heterocycles. The molecule has 1 N–H and O–H groups in total. The molecule has 2 aliphatic heterocycles. The van der Waals surface area contributed by atoms with Crippen molar-refractivity contribution in [3.63, 3.8) is 0 Å². The second-order valence-corrected chi connectivity index (χ2v) is 15.5. The lowest BCUT2D eigenvalue weighted by Crippen LogP contribution is -2.52. The number of piperidine rings is 1. The van der Waals surface area contributed by atoms with Crippen molar-refractivity contribution in [1.29, 1.82) is 0 Å². The normalized spacial score (nSPS) is 42.1. The number of rotatable bonds is 12. The van der Waals surface area contributed by atoms with Gasteiger partial charge in [-0.05, 0) is 93.8 Å². The Kier molecular flexibility index (Phi) is 10.6. The van der Waals surface area contributed by atoms with Crippen molar-refractivity contribution in [2.45, 2.75) is 109 Å². The van der Waals surface area contributed by atoms with Crippen LogP contribution in [0.5, 0.6) is 0 Å². The molecule has 44 heavy (non-hydrogen) atoms. The zero-order chi connectivity index (χ0) is 30.9. The van der Waals surface area contributed by atoms with Crippen LogP contribution in [0.15, 0.2) is 22.8 Å². The molecule has 0 aromatic rings. The summed E-state index contributed by atoms with van der Waals surface area (Å²) in [5.41, 5.74) is 5.24. The van der Waals surface area contributed by atoms with Crippen molar-refractivity contribution in [2.24, 2.45) is 35.0 Å². The van der Waals surface area contributed by atoms with Crippen molar-refractivity contribution >= 4 is 0 Å². The Hall–Kier alpha value is -0.800. The number of hydrogen-bond acceptors (Lipinski definition) is 7. The quantitative estimate of drug-likeness (QED) is 0.220. The first kappa shape index (κ1) is 33.1. The summed E-state index contributed by atoms with van der Waals surface area (Å²) in [5, 5.41) is 10.4. The molecule has 1 spiro atoms. The van der Waals surface area contributed by atoms with Crippen LogP contribution in [0.4, 0.5) is 0 Å². The minimum atomic E-state index is -0.132. The van der Waals surface area contributed by atoms with E-state index >= 15 is 0 Å². The Labute approximate surface area is 267 Å². The Bertz CT molecular complexity index is 1050. The largest absolute Gasteiger partial charge is 0.393 e. The van der Waals surface area contributed by atoms with Gasteiger partial charge in [0.25, 0.3) is 0 Å². The van der Waals surface area contributed by atoms with Crippen LogP contribution in [0.2, 0.25) is 0 Å². The van der Waals surface area contributed by atoms with Crippen molar-refractivity contribution < 1.29 is 28.8 Å². The van der Waals surface area contributed by atoms with Crippen molar-refractivity contribution in [1.82, 2.24) is 4.90 Å². The molecule has 6 aliphatic rings. The molecule has 10 atom stereocenters. The molecule has 7 nitrogen and oxygen atoms in total. The van der Waals surface area contributed by atoms with Gasteiger partial charge in [-0.1, -0.05) is 43.6 Å². The number of allylic oxidation sites excluding steroid dienone is 2. The number of nitrogens with zero attached hydrogens (tertiary/aromatic N) is 1. The van der Waals surface area contributed by atoms with Gasteiger partial charge in [-0.3, -0.25) is 4.90 Å². The third-order valence-corrected chi connectivity index (χ3v) is 13.0. The molecule has 2 saturated carbocycles. The summed E-state index contributed by atoms with van der Waals surface area (Å²) in [5.74, 6) is 3.38. The SMILES string of the molecule is COCCOCCOCCOCCN1C[C@@H](C)C[C@H]2O[C@]3(CC[C@@H]4C(=C(C)C3)C[C@H]3[C@H]4CC=C4C[C@@H](O)CC[C@@]43C)[C@H](C)[C@@H]21. The van der Waals surface area contributed by atoms with Crippen LogP contribution in [0.3, 0.4) is 0 Å². The average molecular weight is 616 g/mol. The fourth-order valence-electron chi connectivity index (χ4n) is 10.7. The number of fused-ring (bicyclic) bond motifs is 6. The van der Waals surface area contributed by atoms with Gasteiger partial charge in [-0.2, -0.15) is 0 Å². The molecule has 250 valence electrons. The Morgan fingerprint density at radius 1 is 0.977 bits per heavy atom. The van der Waals surface area contributed by atoms with Crippen LogP contribution in [0.25, 0.3) is 0 Å². The van der Waals surface area contributed by atoms with Gasteiger partial charge in [0.15, 0.2) is 0 Å². The maximum atomic E-state index is 10.4. The van der Waals surface area contributed by atoms with Gasteiger partial charge in [0, 0.05) is 32.2 Å². The summed E-state index contributed by atoms with van der Waals surface area (Å²) in [6, 6.07) is 0.478. The van der Waals surface area contributed by atoms with E-state index in [1.807, 2.05) is 0 Å². The fraction of sp³-hybridized carbons (Fsp3) is 0.892. The lowest BCUT2D eigenvalue weighted by molar-refractivity contribution is -0.0806. The molecular weight excluding hydrogens is 554 g/mol. The molecule has 0 unspecified atom stereocenters. The average Bonchev–Trinajstić information content (AvgIpc) is 3.46. The highest BCUT2D eigenvalue weighted by Gasteiger charge is 2.59. The second kappa shape index (κ2) is 14.1. The number of ether oxygens (including phenoxy) is 5. The molecule has 6 rings (SSSR count). The smallest absolute Gasteiger partial charge is 0.0765 e. The Morgan fingerprint density at radius 2 is 1.70 bits per heavy atom. The van der Waals surface area contributed by atoms with Gasteiger partial charge < -0.3 is 28.8 Å². The standard InChI is InChI=1S/C37H61NO6/c1-25-20-34-35(38(24-25)12-13-41-16-17-43-19-18-42-15-14-40-5)27(3)37(44-34)11-9-30-31-7-6-28-21-29(39)8-10-36(28,4)33(31)22-32(30)26(2)23-37/h6,25,27,29-31,33-35,39H,7-24H2,1-5H3/t25-,27+,29-,30-,31-,33-,34+,35-,36-,37-/m0/s1. The van der Waals surface area contributed by atoms with E-state index in [0.29, 0.717) is 69.5 Å². The Morgan fingerprint density at radius 3 is 2.45 bits per heavy atom. The first-order valence-electron chi connectivity index (χ1n) is 18.0. The van der Waals surface area contributed by atoms with Gasteiger partial charge >= 0.3 is 0 Å². The van der Waals surface area contributed by atoms with E-state index in [1.54, 1.807) is 23.8 Å². The summed E-state index contributed by atoms with van der Waals surface area (Å²) < 4.78 is 29.4. The molecule has 0 bridgehead atoms. The van der Waals surface area contributed by atoms with Gasteiger partial charge in [0.05, 0.1) is 64.1 Å². The van der Waals surface area contributed by atoms with Crippen molar-refractivity contribution in [3.8, 4) is 0 Å². The molecule has 0 aromatic heterocycles. The number of aliphatic hydroxyl groups is 1. The first-order valence-corrected chi connectivity index (χ1v) is 18.0. The highest BCUT2D eigenvalue weighted by atomic mass is 16.6. The molecule has 0 radical (unpaired) electrons. The number of likely N-dealkylation sites (tertiary alicyclic amines) is 1. The topological polar surface area (TPSA) is 69.6 Å². The van der Waals surface area contributed by atoms with Crippen LogP contribution in [0.1, 0.15) is 85.5 Å². The van der Waals surface area contributed by atoms with Gasteiger partial charge in [-0.15, -0.1) is 0 Å². The zero-order valence-electron chi connectivity index (χ0n) is 28.4. The number of aliphatic hydroxyl groups excluding tert-OH is 1. The van der Waals surface area contributed by atoms with E-state index < -0.39 is 0 Å². The molecule has 0 aromatic carbocycles. The van der Waals surface area contributed by atoms with Gasteiger partial charge in [-0.25, -0.2) is 0 Å². The summed E-state index contributed by atoms with van der Waals surface area (Å²) in [6.07, 6.45) is 13.0. The molecule has 2 saturated heterocycles. The van der Waals surface area contributed by atoms with Crippen molar-refractivity contribution in [3.05, 3.63) is 22.8 Å². The fourth-order valence-corrected chi connectivity index (χ4v) is 10.7. The van der Waals surface area contributed by atoms with E-state index in [9.17, 15) is 5.11 Å². The van der Waals surface area contributed by atoms with Crippen LogP contribution in [-0.2, 0) is 23.7 Å². The maximum Gasteiger partial charge on any atom is 0.0765 e. The van der Waals surface area contributed by atoms with Crippen LogP contribution in [-0.4, -0.2) is 100 Å². The minimum Gasteiger partial charge on any atom is -0.393 e. The maximum absolute atomic E-state index is 10.4. The molecule has 4 aliphatic carbocycles. The van der Waals surface area contributed by atoms with E-state index in [4.69, 9.17) is 23.7 Å². The van der Waals surface area contributed by atoms with Crippen LogP contribution in [0, 0.1) is 35.0 Å². The zero-order valence-corrected chi connectivity index (χ0v) is 28.4. The lowest BCUT2D eigenvalue weighted by atomic mass is 9.56. The molecule has 7 heteroatoms. The summed E-state index contributed by atoms with van der Waals surface area (Å²) in [7, 11) is 1.68. The predicted octanol–water partition coefficient (Wildman–Crippen LogP) is 5.80. The monoisotopic (exact) mass is 615 g/mol. The van der Waals surface area contributed by atoms with Crippen LogP contribution >= 0.6 is 0 Å². The third kappa shape index (κ3) is 6.50. The summed E-state index contributed by atoms with van der Waals surface area (Å²) >= 11 is 0. The van der Waals surface area contributed by atoms with E-state index in [-0.39, 0.29) is 17.1 Å². The van der Waals surface area contributed by atoms with E-state index in [0.717, 1.165) is 57.2 Å².